The zero-order valence-electron chi connectivity index (χ0n) is 16.7. The van der Waals surface area contributed by atoms with E-state index in [0.29, 0.717) is 17.1 Å². The first-order valence-electron chi connectivity index (χ1n) is 10.1. The summed E-state index contributed by atoms with van der Waals surface area (Å²) in [7, 11) is 1.62. The second-order valence-electron chi connectivity index (χ2n) is 7.76. The average Bonchev–Trinajstić information content (AvgIpc) is 3.38. The molecular weight excluding hydrogens is 378 g/mol. The van der Waals surface area contributed by atoms with Crippen LogP contribution in [0.2, 0.25) is 0 Å². The van der Waals surface area contributed by atoms with Gasteiger partial charge < -0.3 is 11.1 Å². The Kier molecular flexibility index (Phi) is 4.65. The molecular formula is C22H23N7O. The lowest BCUT2D eigenvalue weighted by molar-refractivity contribution is 0.0963. The Morgan fingerprint density at radius 2 is 2.07 bits per heavy atom. The Hall–Kier alpha value is -3.36. The molecule has 0 aliphatic carbocycles. The molecule has 1 aromatic carbocycles. The molecule has 1 aliphatic heterocycles. The molecule has 1 saturated heterocycles. The van der Waals surface area contributed by atoms with E-state index in [4.69, 9.17) is 10.7 Å². The van der Waals surface area contributed by atoms with Crippen molar-refractivity contribution in [3.8, 4) is 11.5 Å². The maximum atomic E-state index is 12.0. The van der Waals surface area contributed by atoms with Crippen molar-refractivity contribution in [2.75, 3.05) is 20.1 Å². The summed E-state index contributed by atoms with van der Waals surface area (Å²) in [5.41, 5.74) is 10.0. The smallest absolute Gasteiger partial charge is 0.251 e. The van der Waals surface area contributed by atoms with Gasteiger partial charge in [0.15, 0.2) is 11.5 Å². The number of benzene rings is 1. The Bertz CT molecular complexity index is 1250. The number of amides is 1. The number of hydrogen-bond donors (Lipinski definition) is 2. The van der Waals surface area contributed by atoms with E-state index < -0.39 is 0 Å². The summed E-state index contributed by atoms with van der Waals surface area (Å²) in [6.07, 6.45) is 3.11. The number of nitrogens with two attached hydrogens (primary N) is 1. The molecule has 8 heteroatoms. The minimum absolute atomic E-state index is 0.136. The number of rotatable bonds is 4. The summed E-state index contributed by atoms with van der Waals surface area (Å²) in [6, 6.07) is 13.7. The third kappa shape index (κ3) is 3.40. The molecule has 3 aromatic heterocycles. The molecule has 30 heavy (non-hydrogen) atoms. The first-order valence-corrected chi connectivity index (χ1v) is 10.1. The lowest BCUT2D eigenvalue weighted by Crippen LogP contribution is -2.26. The number of hydrogen-bond acceptors (Lipinski definition) is 6. The van der Waals surface area contributed by atoms with Crippen LogP contribution in [0.25, 0.3) is 28.1 Å². The van der Waals surface area contributed by atoms with E-state index >= 15 is 0 Å². The zero-order valence-corrected chi connectivity index (χ0v) is 16.7. The number of nitrogens with zero attached hydrogens (tertiary/aromatic N) is 5. The lowest BCUT2D eigenvalue weighted by Gasteiger charge is -2.15. The van der Waals surface area contributed by atoms with Gasteiger partial charge in [-0.2, -0.15) is 0 Å². The van der Waals surface area contributed by atoms with Crippen LogP contribution < -0.4 is 11.1 Å². The number of nitrogens with one attached hydrogen (secondary N) is 1. The van der Waals surface area contributed by atoms with Crippen molar-refractivity contribution in [1.29, 1.82) is 0 Å². The standard InChI is InChI=1S/C22H23N7O/c1-24-22(30)16-4-3-15-5-6-18(25-19(15)10-16)21-27-26-20-7-2-14(12-29(20)21)11-28-9-8-17(23)13-28/h2-7,10,12,17H,8-9,11,13,23H2,1H3,(H,24,30). The molecule has 0 radical (unpaired) electrons. The largest absolute Gasteiger partial charge is 0.355 e. The van der Waals surface area contributed by atoms with E-state index in [-0.39, 0.29) is 11.9 Å². The van der Waals surface area contributed by atoms with Crippen molar-refractivity contribution < 1.29 is 4.79 Å². The minimum Gasteiger partial charge on any atom is -0.355 e. The predicted octanol–water partition coefficient (Wildman–Crippen LogP) is 1.84. The molecule has 1 atom stereocenters. The van der Waals surface area contributed by atoms with Gasteiger partial charge in [-0.25, -0.2) is 4.98 Å². The van der Waals surface area contributed by atoms with Crippen LogP contribution in [-0.4, -0.2) is 56.6 Å². The van der Waals surface area contributed by atoms with Crippen LogP contribution in [0, 0.1) is 0 Å². The monoisotopic (exact) mass is 401 g/mol. The maximum absolute atomic E-state index is 12.0. The number of carbonyl (C=O) groups excluding carboxylic acids is 1. The second-order valence-corrected chi connectivity index (χ2v) is 7.76. The van der Waals surface area contributed by atoms with E-state index in [2.05, 4.69) is 32.7 Å². The van der Waals surface area contributed by atoms with Gasteiger partial charge in [0.2, 0.25) is 0 Å². The van der Waals surface area contributed by atoms with Crippen LogP contribution in [0.5, 0.6) is 0 Å². The molecule has 4 heterocycles. The molecule has 5 rings (SSSR count). The number of pyridine rings is 2. The molecule has 1 fully saturated rings. The molecule has 1 aliphatic rings. The van der Waals surface area contributed by atoms with Gasteiger partial charge in [-0.1, -0.05) is 18.2 Å². The highest BCUT2D eigenvalue weighted by Crippen LogP contribution is 2.22. The van der Waals surface area contributed by atoms with E-state index in [0.717, 1.165) is 42.6 Å². The molecule has 1 unspecified atom stereocenters. The first kappa shape index (κ1) is 18.7. The summed E-state index contributed by atoms with van der Waals surface area (Å²) < 4.78 is 1.97. The quantitative estimate of drug-likeness (QED) is 0.541. The SMILES string of the molecule is CNC(=O)c1ccc2ccc(-c3nnc4ccc(CN5CCC(N)C5)cn34)nc2c1. The summed E-state index contributed by atoms with van der Waals surface area (Å²) in [5.74, 6) is 0.542. The second kappa shape index (κ2) is 7.47. The van der Waals surface area contributed by atoms with E-state index in [1.165, 1.54) is 5.56 Å². The van der Waals surface area contributed by atoms with Crippen LogP contribution in [0.3, 0.4) is 0 Å². The van der Waals surface area contributed by atoms with Crippen molar-refractivity contribution in [1.82, 2.24) is 29.8 Å². The fourth-order valence-corrected chi connectivity index (χ4v) is 3.99. The van der Waals surface area contributed by atoms with E-state index in [9.17, 15) is 4.79 Å². The van der Waals surface area contributed by atoms with Gasteiger partial charge in [-0.3, -0.25) is 14.1 Å². The highest BCUT2D eigenvalue weighted by molar-refractivity contribution is 5.97. The van der Waals surface area contributed by atoms with Crippen molar-refractivity contribution in [2.24, 2.45) is 5.73 Å². The van der Waals surface area contributed by atoms with Gasteiger partial charge in [-0.15, -0.1) is 10.2 Å². The molecule has 0 saturated carbocycles. The number of fused-ring (bicyclic) bond motifs is 2. The van der Waals surface area contributed by atoms with Crippen molar-refractivity contribution >= 4 is 22.5 Å². The van der Waals surface area contributed by atoms with Gasteiger partial charge in [0.1, 0.15) is 5.69 Å². The van der Waals surface area contributed by atoms with Gasteiger partial charge in [-0.05, 0) is 36.2 Å². The molecule has 8 nitrogen and oxygen atoms in total. The topological polar surface area (TPSA) is 101 Å². The summed E-state index contributed by atoms with van der Waals surface area (Å²) >= 11 is 0. The average molecular weight is 401 g/mol. The highest BCUT2D eigenvalue weighted by atomic mass is 16.1. The number of carbonyl (C=O) groups is 1. The van der Waals surface area contributed by atoms with Gasteiger partial charge in [0.25, 0.3) is 5.91 Å². The van der Waals surface area contributed by atoms with E-state index in [1.807, 2.05) is 28.7 Å². The first-order chi connectivity index (χ1) is 14.6. The fourth-order valence-electron chi connectivity index (χ4n) is 3.99. The summed E-state index contributed by atoms with van der Waals surface area (Å²) in [5, 5.41) is 12.3. The number of likely N-dealkylation sites (tertiary alicyclic amines) is 1. The van der Waals surface area contributed by atoms with Crippen LogP contribution >= 0.6 is 0 Å². The Labute approximate surface area is 173 Å². The van der Waals surface area contributed by atoms with Gasteiger partial charge in [0.05, 0.1) is 5.52 Å². The minimum atomic E-state index is -0.136. The maximum Gasteiger partial charge on any atom is 0.251 e. The summed E-state index contributed by atoms with van der Waals surface area (Å²) in [6.45, 7) is 2.79. The van der Waals surface area contributed by atoms with Gasteiger partial charge in [0, 0.05) is 49.9 Å². The molecule has 0 bridgehead atoms. The van der Waals surface area contributed by atoms with Crippen LogP contribution in [0.15, 0.2) is 48.7 Å². The van der Waals surface area contributed by atoms with Crippen LogP contribution in [-0.2, 0) is 6.54 Å². The third-order valence-corrected chi connectivity index (χ3v) is 5.59. The Morgan fingerprint density at radius 1 is 1.20 bits per heavy atom. The van der Waals surface area contributed by atoms with Crippen molar-refractivity contribution in [2.45, 2.75) is 19.0 Å². The summed E-state index contributed by atoms with van der Waals surface area (Å²) in [4.78, 5) is 19.1. The Balaban J connectivity index is 1.52. The van der Waals surface area contributed by atoms with Crippen LogP contribution in [0.4, 0.5) is 0 Å². The normalized spacial score (nSPS) is 17.1. The van der Waals surface area contributed by atoms with Crippen molar-refractivity contribution in [3.63, 3.8) is 0 Å². The van der Waals surface area contributed by atoms with Gasteiger partial charge >= 0.3 is 0 Å². The molecule has 4 aromatic rings. The van der Waals surface area contributed by atoms with Crippen molar-refractivity contribution in [3.05, 3.63) is 59.8 Å². The molecule has 3 N–H and O–H groups in total. The lowest BCUT2D eigenvalue weighted by atomic mass is 10.1. The zero-order chi connectivity index (χ0) is 20.7. The highest BCUT2D eigenvalue weighted by Gasteiger charge is 2.19. The number of aromatic nitrogens is 4. The molecule has 1 amide bonds. The Morgan fingerprint density at radius 3 is 2.87 bits per heavy atom. The third-order valence-electron chi connectivity index (χ3n) is 5.59. The molecule has 0 spiro atoms. The fraction of sp³-hybridized carbons (Fsp3) is 0.273. The van der Waals surface area contributed by atoms with E-state index in [1.54, 1.807) is 19.2 Å². The molecule has 152 valence electrons. The van der Waals surface area contributed by atoms with Crippen LogP contribution in [0.1, 0.15) is 22.3 Å². The predicted molar refractivity (Wildman–Crippen MR) is 115 cm³/mol.